The van der Waals surface area contributed by atoms with Crippen molar-refractivity contribution < 1.29 is 19.4 Å². The fraction of sp³-hybridized carbons (Fsp3) is 0.182. The molecule has 0 spiro atoms. The molecule has 4 nitrogen and oxygen atoms in total. The molecule has 86 valence electrons. The first-order valence-corrected chi connectivity index (χ1v) is 5.33. The molecule has 5 heteroatoms. The summed E-state index contributed by atoms with van der Waals surface area (Å²) in [6.45, 7) is 0. The SMILES string of the molecule is COc1ccc(S/C=C/C(=O)O)cc1OC. The Kier molecular flexibility index (Phi) is 4.72. The van der Waals surface area contributed by atoms with Crippen molar-refractivity contribution >= 4 is 17.7 Å². The largest absolute Gasteiger partial charge is 0.493 e. The van der Waals surface area contributed by atoms with Crippen LogP contribution in [0.2, 0.25) is 0 Å². The molecular weight excluding hydrogens is 228 g/mol. The highest BCUT2D eigenvalue weighted by Crippen LogP contribution is 2.32. The van der Waals surface area contributed by atoms with Crippen LogP contribution in [0.25, 0.3) is 0 Å². The van der Waals surface area contributed by atoms with Gasteiger partial charge in [-0.25, -0.2) is 4.79 Å². The summed E-state index contributed by atoms with van der Waals surface area (Å²) in [6.07, 6.45) is 1.08. The Morgan fingerprint density at radius 2 is 2.00 bits per heavy atom. The Morgan fingerprint density at radius 1 is 1.31 bits per heavy atom. The topological polar surface area (TPSA) is 55.8 Å². The van der Waals surface area contributed by atoms with E-state index in [-0.39, 0.29) is 0 Å². The minimum atomic E-state index is -0.965. The molecule has 0 saturated heterocycles. The van der Waals surface area contributed by atoms with Crippen molar-refractivity contribution in [3.8, 4) is 11.5 Å². The maximum absolute atomic E-state index is 10.3. The van der Waals surface area contributed by atoms with Crippen LogP contribution >= 0.6 is 11.8 Å². The van der Waals surface area contributed by atoms with Crippen LogP contribution in [0.4, 0.5) is 0 Å². The Bertz CT molecular complexity index is 401. The van der Waals surface area contributed by atoms with E-state index in [1.165, 1.54) is 17.2 Å². The molecule has 0 aromatic heterocycles. The normalized spacial score (nSPS) is 10.4. The van der Waals surface area contributed by atoms with E-state index >= 15 is 0 Å². The van der Waals surface area contributed by atoms with E-state index in [2.05, 4.69) is 0 Å². The van der Waals surface area contributed by atoms with Crippen molar-refractivity contribution in [2.75, 3.05) is 14.2 Å². The Labute approximate surface area is 97.9 Å². The van der Waals surface area contributed by atoms with Gasteiger partial charge in [-0.2, -0.15) is 0 Å². The van der Waals surface area contributed by atoms with E-state index in [0.717, 1.165) is 11.0 Å². The molecule has 0 fully saturated rings. The molecule has 0 radical (unpaired) electrons. The zero-order valence-electron chi connectivity index (χ0n) is 8.97. The zero-order valence-corrected chi connectivity index (χ0v) is 9.78. The van der Waals surface area contributed by atoms with Crippen LogP contribution in [-0.2, 0) is 4.79 Å². The second-order valence-electron chi connectivity index (χ2n) is 2.78. The van der Waals surface area contributed by atoms with Gasteiger partial charge < -0.3 is 14.6 Å². The molecule has 0 amide bonds. The quantitative estimate of drug-likeness (QED) is 0.632. The average Bonchev–Trinajstić information content (AvgIpc) is 2.28. The zero-order chi connectivity index (χ0) is 12.0. The third-order valence-corrected chi connectivity index (χ3v) is 2.57. The van der Waals surface area contributed by atoms with Crippen LogP contribution in [0.5, 0.6) is 11.5 Å². The molecule has 0 aliphatic carbocycles. The standard InChI is InChI=1S/C11H12O4S/c1-14-9-4-3-8(7-10(9)15-2)16-6-5-11(12)13/h3-7H,1-2H3,(H,12,13)/b6-5+. The van der Waals surface area contributed by atoms with Gasteiger partial charge in [-0.3, -0.25) is 0 Å². The summed E-state index contributed by atoms with van der Waals surface area (Å²) < 4.78 is 10.2. The van der Waals surface area contributed by atoms with E-state index < -0.39 is 5.97 Å². The number of carbonyl (C=O) groups is 1. The van der Waals surface area contributed by atoms with Crippen molar-refractivity contribution in [2.45, 2.75) is 4.90 Å². The van der Waals surface area contributed by atoms with Gasteiger partial charge in [0.1, 0.15) is 0 Å². The second-order valence-corrected chi connectivity index (χ2v) is 3.75. The molecule has 0 saturated carbocycles. The van der Waals surface area contributed by atoms with E-state index in [1.54, 1.807) is 26.4 Å². The number of thioether (sulfide) groups is 1. The van der Waals surface area contributed by atoms with Gasteiger partial charge in [0.2, 0.25) is 0 Å². The number of ether oxygens (including phenoxy) is 2. The monoisotopic (exact) mass is 240 g/mol. The van der Waals surface area contributed by atoms with E-state index in [4.69, 9.17) is 14.6 Å². The van der Waals surface area contributed by atoms with Crippen LogP contribution in [0.3, 0.4) is 0 Å². The summed E-state index contributed by atoms with van der Waals surface area (Å²) in [5.41, 5.74) is 0. The smallest absolute Gasteiger partial charge is 0.328 e. The summed E-state index contributed by atoms with van der Waals surface area (Å²) in [6, 6.07) is 5.39. The number of aliphatic carboxylic acids is 1. The molecule has 0 atom stereocenters. The first kappa shape index (κ1) is 12.4. The van der Waals surface area contributed by atoms with Crippen molar-refractivity contribution in [3.63, 3.8) is 0 Å². The first-order valence-electron chi connectivity index (χ1n) is 4.45. The van der Waals surface area contributed by atoms with Gasteiger partial charge in [0.05, 0.1) is 14.2 Å². The summed E-state index contributed by atoms with van der Waals surface area (Å²) >= 11 is 1.30. The van der Waals surface area contributed by atoms with Crippen molar-refractivity contribution in [1.29, 1.82) is 0 Å². The highest BCUT2D eigenvalue weighted by molar-refractivity contribution is 8.02. The number of carboxylic acids is 1. The number of hydrogen-bond acceptors (Lipinski definition) is 4. The Hall–Kier alpha value is -1.62. The maximum atomic E-state index is 10.3. The van der Waals surface area contributed by atoms with E-state index in [9.17, 15) is 4.79 Å². The lowest BCUT2D eigenvalue weighted by molar-refractivity contribution is -0.131. The summed E-state index contributed by atoms with van der Waals surface area (Å²) in [5.74, 6) is 0.304. The van der Waals surface area contributed by atoms with Crippen LogP contribution < -0.4 is 9.47 Å². The Morgan fingerprint density at radius 3 is 2.56 bits per heavy atom. The predicted molar refractivity (Wildman–Crippen MR) is 62.2 cm³/mol. The molecule has 1 N–H and O–H groups in total. The van der Waals surface area contributed by atoms with Crippen molar-refractivity contribution in [1.82, 2.24) is 0 Å². The van der Waals surface area contributed by atoms with Crippen LogP contribution in [0.15, 0.2) is 34.6 Å². The minimum absolute atomic E-state index is 0.622. The first-order chi connectivity index (χ1) is 7.67. The number of rotatable bonds is 5. The number of carboxylic acid groups (broad SMARTS) is 1. The van der Waals surface area contributed by atoms with Gasteiger partial charge in [-0.15, -0.1) is 0 Å². The number of hydrogen-bond donors (Lipinski definition) is 1. The van der Waals surface area contributed by atoms with Crippen molar-refractivity contribution in [3.05, 3.63) is 29.7 Å². The van der Waals surface area contributed by atoms with Crippen LogP contribution in [0.1, 0.15) is 0 Å². The summed E-state index contributed by atoms with van der Waals surface area (Å²) in [7, 11) is 3.12. The molecule has 0 aliphatic heterocycles. The van der Waals surface area contributed by atoms with E-state index in [0.29, 0.717) is 11.5 Å². The fourth-order valence-electron chi connectivity index (χ4n) is 1.06. The lowest BCUT2D eigenvalue weighted by Gasteiger charge is -2.07. The molecule has 1 aromatic rings. The highest BCUT2D eigenvalue weighted by atomic mass is 32.2. The molecule has 1 rings (SSSR count). The molecule has 0 unspecified atom stereocenters. The molecule has 1 aromatic carbocycles. The third-order valence-electron chi connectivity index (χ3n) is 1.77. The lowest BCUT2D eigenvalue weighted by Crippen LogP contribution is -1.90. The van der Waals surface area contributed by atoms with Crippen LogP contribution in [0, 0.1) is 0 Å². The van der Waals surface area contributed by atoms with Gasteiger partial charge in [0.25, 0.3) is 0 Å². The molecule has 0 heterocycles. The number of methoxy groups -OCH3 is 2. The van der Waals surface area contributed by atoms with Gasteiger partial charge in [-0.05, 0) is 23.6 Å². The highest BCUT2D eigenvalue weighted by Gasteiger charge is 2.03. The second kappa shape index (κ2) is 6.07. The average molecular weight is 240 g/mol. The van der Waals surface area contributed by atoms with E-state index in [1.807, 2.05) is 6.07 Å². The van der Waals surface area contributed by atoms with Crippen molar-refractivity contribution in [2.24, 2.45) is 0 Å². The van der Waals surface area contributed by atoms with Gasteiger partial charge >= 0.3 is 5.97 Å². The Balaban J connectivity index is 2.79. The van der Waals surface area contributed by atoms with Gasteiger partial charge in [0.15, 0.2) is 11.5 Å². The predicted octanol–water partition coefficient (Wildman–Crippen LogP) is 2.39. The van der Waals surface area contributed by atoms with Gasteiger partial charge in [0, 0.05) is 11.0 Å². The van der Waals surface area contributed by atoms with Crippen LogP contribution in [-0.4, -0.2) is 25.3 Å². The third kappa shape index (κ3) is 3.51. The molecular formula is C11H12O4S. The fourth-order valence-corrected chi connectivity index (χ4v) is 1.72. The molecule has 0 aliphatic rings. The minimum Gasteiger partial charge on any atom is -0.493 e. The lowest BCUT2D eigenvalue weighted by atomic mass is 10.3. The maximum Gasteiger partial charge on any atom is 0.328 e. The summed E-state index contributed by atoms with van der Waals surface area (Å²) in [5, 5.41) is 9.93. The number of benzene rings is 1. The molecule has 16 heavy (non-hydrogen) atoms. The summed E-state index contributed by atoms with van der Waals surface area (Å²) in [4.78, 5) is 11.2. The van der Waals surface area contributed by atoms with Gasteiger partial charge in [-0.1, -0.05) is 11.8 Å². The molecule has 0 bridgehead atoms.